The van der Waals surface area contributed by atoms with Crippen LogP contribution < -0.4 is 10.6 Å². The van der Waals surface area contributed by atoms with Gasteiger partial charge in [0.2, 0.25) is 0 Å². The van der Waals surface area contributed by atoms with Gasteiger partial charge in [0.15, 0.2) is 6.61 Å². The van der Waals surface area contributed by atoms with E-state index in [4.69, 9.17) is 4.74 Å². The maximum absolute atomic E-state index is 12.9. The van der Waals surface area contributed by atoms with Crippen molar-refractivity contribution in [2.45, 2.75) is 64.5 Å². The van der Waals surface area contributed by atoms with Gasteiger partial charge in [-0.1, -0.05) is 51.0 Å². The first-order valence-electron chi connectivity index (χ1n) is 10.9. The Bertz CT molecular complexity index is 853. The van der Waals surface area contributed by atoms with Crippen LogP contribution in [0.1, 0.15) is 63.6 Å². The van der Waals surface area contributed by atoms with E-state index in [9.17, 15) is 19.2 Å². The van der Waals surface area contributed by atoms with Crippen molar-refractivity contribution in [2.24, 2.45) is 5.92 Å². The zero-order valence-corrected chi connectivity index (χ0v) is 18.4. The van der Waals surface area contributed by atoms with Crippen molar-refractivity contribution >= 4 is 23.8 Å². The summed E-state index contributed by atoms with van der Waals surface area (Å²) in [7, 11) is 0. The molecule has 2 N–H and O–H groups in total. The molecule has 2 fully saturated rings. The van der Waals surface area contributed by atoms with Gasteiger partial charge >= 0.3 is 12.0 Å². The van der Waals surface area contributed by atoms with E-state index in [2.05, 4.69) is 17.6 Å². The third-order valence-corrected chi connectivity index (χ3v) is 6.42. The highest BCUT2D eigenvalue weighted by atomic mass is 16.5. The number of hydrogen-bond donors (Lipinski definition) is 2. The molecule has 1 aliphatic heterocycles. The van der Waals surface area contributed by atoms with Crippen LogP contribution in [0.15, 0.2) is 24.3 Å². The van der Waals surface area contributed by atoms with Gasteiger partial charge in [-0.2, -0.15) is 0 Å². The molecule has 4 amide bonds. The molecule has 1 saturated carbocycles. The summed E-state index contributed by atoms with van der Waals surface area (Å²) in [6.07, 6.45) is 4.24. The van der Waals surface area contributed by atoms with Crippen molar-refractivity contribution in [1.82, 2.24) is 15.5 Å². The van der Waals surface area contributed by atoms with Gasteiger partial charge < -0.3 is 15.4 Å². The van der Waals surface area contributed by atoms with E-state index in [1.165, 1.54) is 5.56 Å². The number of benzene rings is 1. The molecule has 31 heavy (non-hydrogen) atoms. The molecule has 0 unspecified atom stereocenters. The summed E-state index contributed by atoms with van der Waals surface area (Å²) in [6, 6.07) is 7.11. The van der Waals surface area contributed by atoms with E-state index >= 15 is 0 Å². The molecule has 0 aromatic heterocycles. The van der Waals surface area contributed by atoms with Crippen molar-refractivity contribution < 1.29 is 23.9 Å². The van der Waals surface area contributed by atoms with Crippen LogP contribution in [0.25, 0.3) is 0 Å². The van der Waals surface area contributed by atoms with Gasteiger partial charge in [0.25, 0.3) is 11.8 Å². The van der Waals surface area contributed by atoms with Crippen LogP contribution in [-0.4, -0.2) is 47.4 Å². The predicted octanol–water partition coefficient (Wildman–Crippen LogP) is 2.47. The number of nitrogens with zero attached hydrogens (tertiary/aromatic N) is 1. The van der Waals surface area contributed by atoms with E-state index in [-0.39, 0.29) is 17.9 Å². The quantitative estimate of drug-likeness (QED) is 0.512. The molecule has 1 aromatic carbocycles. The highest BCUT2D eigenvalue weighted by Crippen LogP contribution is 2.38. The first-order chi connectivity index (χ1) is 14.8. The largest absolute Gasteiger partial charge is 0.454 e. The molecular formula is C23H31N3O5. The molecule has 1 heterocycles. The molecule has 168 valence electrons. The van der Waals surface area contributed by atoms with E-state index in [0.29, 0.717) is 6.42 Å². The van der Waals surface area contributed by atoms with Crippen LogP contribution in [0, 0.1) is 5.92 Å². The third-order valence-electron chi connectivity index (χ3n) is 6.42. The number of imide groups is 1. The van der Waals surface area contributed by atoms with Crippen LogP contribution in [0.2, 0.25) is 0 Å². The Kier molecular flexibility index (Phi) is 6.97. The summed E-state index contributed by atoms with van der Waals surface area (Å²) in [5.74, 6) is -1.61. The van der Waals surface area contributed by atoms with Crippen molar-refractivity contribution in [2.75, 3.05) is 13.2 Å². The second kappa shape index (κ2) is 9.49. The van der Waals surface area contributed by atoms with E-state index in [0.717, 1.165) is 36.1 Å². The number of ether oxygens (including phenoxy) is 1. The fourth-order valence-electron chi connectivity index (χ4n) is 4.37. The van der Waals surface area contributed by atoms with Crippen molar-refractivity contribution in [3.05, 3.63) is 35.4 Å². The predicted molar refractivity (Wildman–Crippen MR) is 114 cm³/mol. The fraction of sp³-hybridized carbons (Fsp3) is 0.565. The lowest BCUT2D eigenvalue weighted by molar-refractivity contribution is -0.151. The second-order valence-electron chi connectivity index (χ2n) is 8.48. The maximum atomic E-state index is 12.9. The number of hydrogen-bond acceptors (Lipinski definition) is 5. The topological polar surface area (TPSA) is 105 Å². The summed E-state index contributed by atoms with van der Waals surface area (Å²) < 4.78 is 5.01. The first kappa shape index (κ1) is 22.8. The van der Waals surface area contributed by atoms with Gasteiger partial charge in [0.1, 0.15) is 12.1 Å². The summed E-state index contributed by atoms with van der Waals surface area (Å²) >= 11 is 0. The smallest absolute Gasteiger partial charge is 0.326 e. The van der Waals surface area contributed by atoms with Crippen LogP contribution in [-0.2, 0) is 25.5 Å². The van der Waals surface area contributed by atoms with Crippen molar-refractivity contribution in [1.29, 1.82) is 0 Å². The van der Waals surface area contributed by atoms with E-state index < -0.39 is 36.6 Å². The highest BCUT2D eigenvalue weighted by Gasteiger charge is 2.55. The summed E-state index contributed by atoms with van der Waals surface area (Å²) in [6.45, 7) is 4.89. The number of nitrogens with one attached hydrogen (secondary N) is 2. The van der Waals surface area contributed by atoms with Crippen molar-refractivity contribution in [3.63, 3.8) is 0 Å². The Morgan fingerprint density at radius 1 is 1.26 bits per heavy atom. The fourth-order valence-corrected chi connectivity index (χ4v) is 4.37. The molecular weight excluding hydrogens is 398 g/mol. The lowest BCUT2D eigenvalue weighted by atomic mass is 9.73. The number of aryl methyl sites for hydroxylation is 1. The van der Waals surface area contributed by atoms with Gasteiger partial charge in [0.05, 0.1) is 6.04 Å². The average Bonchev–Trinajstić information content (AvgIpc) is 2.99. The van der Waals surface area contributed by atoms with E-state index in [1.807, 2.05) is 38.1 Å². The summed E-state index contributed by atoms with van der Waals surface area (Å²) in [4.78, 5) is 50.5. The van der Waals surface area contributed by atoms with E-state index in [1.54, 1.807) is 0 Å². The summed E-state index contributed by atoms with van der Waals surface area (Å²) in [5, 5.41) is 5.57. The molecule has 2 aliphatic rings. The molecule has 0 bridgehead atoms. The standard InChI is InChI=1S/C23H31N3O5/c1-4-17-8-10-18(11-9-17)16(3)24-19(27)14-31-20(28)13-26-21(29)23(25-22(26)30)12-6-5-7-15(23)2/h8-11,15-16H,4-7,12-14H2,1-3H3,(H,24,27)(H,25,30)/t15-,16+,23-/m0/s1. The average molecular weight is 430 g/mol. The van der Waals surface area contributed by atoms with Gasteiger partial charge in [-0.3, -0.25) is 19.3 Å². The first-order valence-corrected chi connectivity index (χ1v) is 10.9. The number of urea groups is 1. The minimum Gasteiger partial charge on any atom is -0.454 e. The van der Waals surface area contributed by atoms with Crippen LogP contribution in [0.3, 0.4) is 0 Å². The lowest BCUT2D eigenvalue weighted by Crippen LogP contribution is -2.54. The Hall–Kier alpha value is -2.90. The van der Waals surface area contributed by atoms with Gasteiger partial charge in [0, 0.05) is 0 Å². The monoisotopic (exact) mass is 429 g/mol. The zero-order chi connectivity index (χ0) is 22.6. The van der Waals surface area contributed by atoms with Gasteiger partial charge in [-0.05, 0) is 43.2 Å². The van der Waals surface area contributed by atoms with Crippen LogP contribution in [0.5, 0.6) is 0 Å². The van der Waals surface area contributed by atoms with Gasteiger partial charge in [-0.25, -0.2) is 4.79 Å². The third kappa shape index (κ3) is 4.89. The molecule has 8 heteroatoms. The molecule has 1 saturated heterocycles. The Morgan fingerprint density at radius 3 is 2.61 bits per heavy atom. The SMILES string of the molecule is CCc1ccc([C@@H](C)NC(=O)COC(=O)CN2C(=O)N[C@]3(CCCC[C@@H]3C)C2=O)cc1. The Labute approximate surface area is 182 Å². The summed E-state index contributed by atoms with van der Waals surface area (Å²) in [5.41, 5.74) is 1.24. The Morgan fingerprint density at radius 2 is 1.97 bits per heavy atom. The minimum atomic E-state index is -0.921. The second-order valence-corrected chi connectivity index (χ2v) is 8.48. The van der Waals surface area contributed by atoms with Crippen LogP contribution >= 0.6 is 0 Å². The number of carbonyl (C=O) groups excluding carboxylic acids is 4. The molecule has 3 rings (SSSR count). The molecule has 0 radical (unpaired) electrons. The number of amides is 4. The molecule has 1 spiro atoms. The highest BCUT2D eigenvalue weighted by molar-refractivity contribution is 6.09. The molecule has 1 aliphatic carbocycles. The number of rotatable bonds is 7. The zero-order valence-electron chi connectivity index (χ0n) is 18.4. The van der Waals surface area contributed by atoms with Crippen LogP contribution in [0.4, 0.5) is 4.79 Å². The number of carbonyl (C=O) groups is 4. The van der Waals surface area contributed by atoms with Gasteiger partial charge in [-0.15, -0.1) is 0 Å². The Balaban J connectivity index is 1.48. The van der Waals surface area contributed by atoms with Crippen molar-refractivity contribution in [3.8, 4) is 0 Å². The minimum absolute atomic E-state index is 0.0115. The molecule has 8 nitrogen and oxygen atoms in total. The molecule has 1 aromatic rings. The normalized spacial score (nSPS) is 24.1. The number of esters is 1. The maximum Gasteiger partial charge on any atom is 0.326 e. The lowest BCUT2D eigenvalue weighted by Gasteiger charge is -2.36. The molecule has 3 atom stereocenters.